The lowest BCUT2D eigenvalue weighted by atomic mass is 10.1. The van der Waals surface area contributed by atoms with Crippen molar-refractivity contribution in [2.75, 3.05) is 7.05 Å². The van der Waals surface area contributed by atoms with Crippen molar-refractivity contribution >= 4 is 6.21 Å². The Labute approximate surface area is 141 Å². The fourth-order valence-electron chi connectivity index (χ4n) is 2.22. The van der Waals surface area contributed by atoms with Gasteiger partial charge in [0.1, 0.15) is 22.9 Å². The molecule has 0 aliphatic carbocycles. The van der Waals surface area contributed by atoms with Crippen LogP contribution in [0.2, 0.25) is 0 Å². The van der Waals surface area contributed by atoms with Crippen molar-refractivity contribution in [3.63, 3.8) is 0 Å². The first-order valence-electron chi connectivity index (χ1n) is 7.26. The van der Waals surface area contributed by atoms with Gasteiger partial charge in [-0.1, -0.05) is 11.3 Å². The van der Waals surface area contributed by atoms with Gasteiger partial charge in [0.2, 0.25) is 0 Å². The number of alkyl halides is 3. The maximum absolute atomic E-state index is 12.7. The molecule has 128 valence electrons. The fraction of sp³-hybridized carbons (Fsp3) is 0.118. The standard InChI is InChI=1S/C17H13F3N4O/c1-21-10-15-16(23-24-22-15)11-5-7-13(8-6-11)25-14-4-2-3-12(9-14)17(18,19)20/h2-10H,1H3,(H,22,23,24)/b21-10+. The van der Waals surface area contributed by atoms with Crippen molar-refractivity contribution < 1.29 is 17.9 Å². The number of nitrogens with one attached hydrogen (secondary N) is 1. The van der Waals surface area contributed by atoms with E-state index in [1.165, 1.54) is 12.1 Å². The van der Waals surface area contributed by atoms with Crippen LogP contribution >= 0.6 is 0 Å². The van der Waals surface area contributed by atoms with E-state index in [1.54, 1.807) is 37.5 Å². The quantitative estimate of drug-likeness (QED) is 0.715. The minimum atomic E-state index is -4.41. The molecular formula is C17H13F3N4O. The molecule has 0 saturated heterocycles. The Bertz CT molecular complexity index is 885. The van der Waals surface area contributed by atoms with Crippen LogP contribution in [0.15, 0.2) is 53.5 Å². The summed E-state index contributed by atoms with van der Waals surface area (Å²) in [6.45, 7) is 0. The van der Waals surface area contributed by atoms with E-state index in [2.05, 4.69) is 20.4 Å². The van der Waals surface area contributed by atoms with Crippen molar-refractivity contribution in [1.29, 1.82) is 0 Å². The van der Waals surface area contributed by atoms with Crippen LogP contribution in [0.4, 0.5) is 13.2 Å². The van der Waals surface area contributed by atoms with Gasteiger partial charge in [-0.3, -0.25) is 10.1 Å². The predicted molar refractivity (Wildman–Crippen MR) is 86.9 cm³/mol. The number of hydrogen-bond donors (Lipinski definition) is 1. The zero-order chi connectivity index (χ0) is 17.9. The third-order valence-corrected chi connectivity index (χ3v) is 3.36. The Balaban J connectivity index is 1.81. The molecule has 5 nitrogen and oxygen atoms in total. The number of H-pyrrole nitrogens is 1. The van der Waals surface area contributed by atoms with Crippen LogP contribution in [0.25, 0.3) is 11.3 Å². The SMILES string of the molecule is C/N=C/c1[nH]nnc1-c1ccc(Oc2cccc(C(F)(F)F)c2)cc1. The highest BCUT2D eigenvalue weighted by atomic mass is 19.4. The topological polar surface area (TPSA) is 63.2 Å². The van der Waals surface area contributed by atoms with Gasteiger partial charge in [-0.15, -0.1) is 5.10 Å². The highest BCUT2D eigenvalue weighted by molar-refractivity contribution is 5.86. The van der Waals surface area contributed by atoms with E-state index in [9.17, 15) is 13.2 Å². The summed E-state index contributed by atoms with van der Waals surface area (Å²) in [6.07, 6.45) is -2.81. The average molecular weight is 346 g/mol. The van der Waals surface area contributed by atoms with Gasteiger partial charge in [-0.2, -0.15) is 13.2 Å². The molecule has 1 N–H and O–H groups in total. The van der Waals surface area contributed by atoms with Crippen LogP contribution in [0.3, 0.4) is 0 Å². The lowest BCUT2D eigenvalue weighted by molar-refractivity contribution is -0.137. The number of nitrogens with zero attached hydrogens (tertiary/aromatic N) is 3. The summed E-state index contributed by atoms with van der Waals surface area (Å²) < 4.78 is 43.7. The summed E-state index contributed by atoms with van der Waals surface area (Å²) in [5.74, 6) is 0.528. The van der Waals surface area contributed by atoms with Crippen molar-refractivity contribution in [2.45, 2.75) is 6.18 Å². The van der Waals surface area contributed by atoms with Gasteiger partial charge in [0, 0.05) is 18.8 Å². The van der Waals surface area contributed by atoms with Gasteiger partial charge in [0.05, 0.1) is 5.56 Å². The molecule has 25 heavy (non-hydrogen) atoms. The Morgan fingerprint density at radius 3 is 2.52 bits per heavy atom. The van der Waals surface area contributed by atoms with Gasteiger partial charge in [-0.25, -0.2) is 0 Å². The molecule has 0 spiro atoms. The maximum atomic E-state index is 12.7. The summed E-state index contributed by atoms with van der Waals surface area (Å²) in [5.41, 5.74) is 1.30. The fourth-order valence-corrected chi connectivity index (χ4v) is 2.22. The molecular weight excluding hydrogens is 333 g/mol. The van der Waals surface area contributed by atoms with Crippen molar-refractivity contribution in [3.05, 3.63) is 59.8 Å². The highest BCUT2D eigenvalue weighted by Crippen LogP contribution is 2.33. The van der Waals surface area contributed by atoms with Crippen molar-refractivity contribution in [3.8, 4) is 22.8 Å². The molecule has 3 rings (SSSR count). The van der Waals surface area contributed by atoms with Crippen LogP contribution in [-0.2, 0) is 6.18 Å². The monoisotopic (exact) mass is 346 g/mol. The third kappa shape index (κ3) is 3.85. The molecule has 1 heterocycles. The molecule has 8 heteroatoms. The number of aromatic amines is 1. The zero-order valence-corrected chi connectivity index (χ0v) is 13.1. The molecule has 0 saturated carbocycles. The normalized spacial score (nSPS) is 11.8. The minimum absolute atomic E-state index is 0.114. The van der Waals surface area contributed by atoms with E-state index >= 15 is 0 Å². The highest BCUT2D eigenvalue weighted by Gasteiger charge is 2.30. The molecule has 0 aliphatic rings. The molecule has 3 aromatic rings. The number of ether oxygens (including phenoxy) is 1. The second-order valence-corrected chi connectivity index (χ2v) is 5.11. The van der Waals surface area contributed by atoms with Gasteiger partial charge in [0.15, 0.2) is 0 Å². The molecule has 0 aliphatic heterocycles. The smallest absolute Gasteiger partial charge is 0.416 e. The number of halogens is 3. The van der Waals surface area contributed by atoms with Crippen molar-refractivity contribution in [2.24, 2.45) is 4.99 Å². The predicted octanol–water partition coefficient (Wildman–Crippen LogP) is 4.33. The Morgan fingerprint density at radius 1 is 1.08 bits per heavy atom. The van der Waals surface area contributed by atoms with Crippen LogP contribution in [0.1, 0.15) is 11.3 Å². The van der Waals surface area contributed by atoms with Gasteiger partial charge in [-0.05, 0) is 42.5 Å². The molecule has 0 fully saturated rings. The molecule has 0 atom stereocenters. The Kier molecular flexibility index (Phi) is 4.51. The number of rotatable bonds is 4. The first-order chi connectivity index (χ1) is 12.0. The summed E-state index contributed by atoms with van der Waals surface area (Å²) in [5, 5.41) is 10.5. The van der Waals surface area contributed by atoms with Gasteiger partial charge < -0.3 is 4.74 Å². The van der Waals surface area contributed by atoms with E-state index in [0.717, 1.165) is 17.7 Å². The summed E-state index contributed by atoms with van der Waals surface area (Å²) >= 11 is 0. The number of aliphatic imine (C=N–C) groups is 1. The second kappa shape index (κ2) is 6.76. The maximum Gasteiger partial charge on any atom is 0.416 e. The van der Waals surface area contributed by atoms with E-state index in [0.29, 0.717) is 17.1 Å². The minimum Gasteiger partial charge on any atom is -0.457 e. The summed E-state index contributed by atoms with van der Waals surface area (Å²) in [4.78, 5) is 3.91. The van der Waals surface area contributed by atoms with E-state index in [1.807, 2.05) is 0 Å². The first-order valence-corrected chi connectivity index (χ1v) is 7.26. The second-order valence-electron chi connectivity index (χ2n) is 5.11. The first kappa shape index (κ1) is 16.7. The van der Waals surface area contributed by atoms with E-state index in [-0.39, 0.29) is 5.75 Å². The molecule has 0 radical (unpaired) electrons. The lowest BCUT2D eigenvalue weighted by Gasteiger charge is -2.10. The summed E-state index contributed by atoms with van der Waals surface area (Å²) in [7, 11) is 1.64. The van der Waals surface area contributed by atoms with Crippen LogP contribution in [-0.4, -0.2) is 28.7 Å². The molecule has 1 aromatic heterocycles. The van der Waals surface area contributed by atoms with Crippen molar-refractivity contribution in [1.82, 2.24) is 15.4 Å². The Hall–Kier alpha value is -3.16. The molecule has 2 aromatic carbocycles. The van der Waals surface area contributed by atoms with Crippen LogP contribution in [0, 0.1) is 0 Å². The van der Waals surface area contributed by atoms with E-state index < -0.39 is 11.7 Å². The van der Waals surface area contributed by atoms with Gasteiger partial charge in [0.25, 0.3) is 0 Å². The number of benzene rings is 2. The third-order valence-electron chi connectivity index (χ3n) is 3.36. The van der Waals surface area contributed by atoms with Crippen LogP contribution < -0.4 is 4.74 Å². The van der Waals surface area contributed by atoms with E-state index in [4.69, 9.17) is 4.74 Å². The lowest BCUT2D eigenvalue weighted by Crippen LogP contribution is -2.04. The molecule has 0 bridgehead atoms. The summed E-state index contributed by atoms with van der Waals surface area (Å²) in [6, 6.07) is 11.5. The zero-order valence-electron chi connectivity index (χ0n) is 13.1. The van der Waals surface area contributed by atoms with Gasteiger partial charge >= 0.3 is 6.18 Å². The number of aromatic nitrogens is 3. The largest absolute Gasteiger partial charge is 0.457 e. The number of hydrogen-bond acceptors (Lipinski definition) is 4. The molecule has 0 unspecified atom stereocenters. The molecule has 0 amide bonds. The average Bonchev–Trinajstić information content (AvgIpc) is 3.04. The Morgan fingerprint density at radius 2 is 1.84 bits per heavy atom. The van der Waals surface area contributed by atoms with Crippen LogP contribution in [0.5, 0.6) is 11.5 Å².